The van der Waals surface area contributed by atoms with E-state index in [1.165, 1.54) is 26.3 Å². The standard InChI is InChI=1S/C26H27ClFN7O2.C5H6F3NO.C5H12/c1-32-24(18-8-6-16(12-21(18)28)22-5-3-4-10-33-22)26(36)35(15-30)23(13-37-2)17-7-9-20(27)19(11-17)25(31)34-14-29;6-5(7,8)4(1-2-4)9-3-10;1-5(2,3)4/h3-12,14-15,23-24,30,32H,13H2,1-2H3,(H3,29,31,34);3H,1-2H2,(H,9,10);1-4H3. The number of rotatable bonds is 13. The van der Waals surface area contributed by atoms with Crippen LogP contribution in [0.3, 0.4) is 0 Å². The number of amidine groups is 1. The first-order chi connectivity index (χ1) is 24.4. The van der Waals surface area contributed by atoms with Gasteiger partial charge in [-0.05, 0) is 61.2 Å². The molecule has 2 unspecified atom stereocenters. The number of hydrogen-bond acceptors (Lipinski definition) is 7. The van der Waals surface area contributed by atoms with Crippen LogP contribution in [-0.4, -0.2) is 73.2 Å². The number of carbonyl (C=O) groups excluding carboxylic acids is 2. The second kappa shape index (κ2) is 19.2. The Balaban J connectivity index is 0.000000516. The van der Waals surface area contributed by atoms with Crippen LogP contribution in [0.2, 0.25) is 5.02 Å². The van der Waals surface area contributed by atoms with Crippen molar-refractivity contribution < 1.29 is 31.9 Å². The number of aliphatic imine (C=N–C) groups is 1. The smallest absolute Gasteiger partial charge is 0.383 e. The second-order valence-electron chi connectivity index (χ2n) is 13.2. The summed E-state index contributed by atoms with van der Waals surface area (Å²) in [7, 11) is 3.00. The fraction of sp³-hybridized carbons (Fsp3) is 0.389. The third kappa shape index (κ3) is 12.2. The van der Waals surface area contributed by atoms with E-state index in [1.807, 2.05) is 0 Å². The highest BCUT2D eigenvalue weighted by Crippen LogP contribution is 2.48. The van der Waals surface area contributed by atoms with Gasteiger partial charge in [-0.15, -0.1) is 0 Å². The predicted molar refractivity (Wildman–Crippen MR) is 195 cm³/mol. The molecule has 1 aliphatic carbocycles. The lowest BCUT2D eigenvalue weighted by molar-refractivity contribution is -0.167. The van der Waals surface area contributed by atoms with E-state index in [0.717, 1.165) is 17.6 Å². The molecule has 16 heteroatoms. The first-order valence-electron chi connectivity index (χ1n) is 16.0. The van der Waals surface area contributed by atoms with E-state index in [-0.39, 0.29) is 37.3 Å². The Labute approximate surface area is 306 Å². The molecule has 1 aliphatic rings. The molecule has 0 saturated heterocycles. The highest BCUT2D eigenvalue weighted by atomic mass is 35.5. The summed E-state index contributed by atoms with van der Waals surface area (Å²) >= 11 is 6.26. The summed E-state index contributed by atoms with van der Waals surface area (Å²) in [5.74, 6) is -1.14. The van der Waals surface area contributed by atoms with E-state index >= 15 is 4.39 Å². The Hall–Kier alpha value is -4.73. The number of hydrogen-bond donors (Lipinski definition) is 5. The largest absolute Gasteiger partial charge is 0.411 e. The van der Waals surface area contributed by atoms with Crippen LogP contribution in [0.5, 0.6) is 0 Å². The van der Waals surface area contributed by atoms with Crippen LogP contribution in [0, 0.1) is 22.1 Å². The maximum Gasteiger partial charge on any atom is 0.411 e. The molecule has 1 saturated carbocycles. The van der Waals surface area contributed by atoms with Gasteiger partial charge in [0.1, 0.15) is 29.6 Å². The number of pyridine rings is 1. The molecular formula is C36H45ClF4N8O3. The van der Waals surface area contributed by atoms with Gasteiger partial charge in [-0.3, -0.25) is 30.3 Å². The maximum atomic E-state index is 15.3. The Morgan fingerprint density at radius 1 is 1.13 bits per heavy atom. The predicted octanol–water partition coefficient (Wildman–Crippen LogP) is 6.82. The van der Waals surface area contributed by atoms with E-state index in [4.69, 9.17) is 32.9 Å². The Bertz CT molecular complexity index is 1690. The van der Waals surface area contributed by atoms with Gasteiger partial charge < -0.3 is 21.1 Å². The lowest BCUT2D eigenvalue weighted by Crippen LogP contribution is -2.44. The van der Waals surface area contributed by atoms with Gasteiger partial charge in [-0.2, -0.15) is 13.2 Å². The molecule has 1 fully saturated rings. The quantitative estimate of drug-likeness (QED) is 0.0556. The normalized spacial score (nSPS) is 14.6. The minimum Gasteiger partial charge on any atom is -0.383 e. The van der Waals surface area contributed by atoms with Gasteiger partial charge in [-0.25, -0.2) is 9.38 Å². The van der Waals surface area contributed by atoms with E-state index in [2.05, 4.69) is 43.0 Å². The summed E-state index contributed by atoms with van der Waals surface area (Å²) in [6.45, 7) is 8.78. The average molecular weight is 749 g/mol. The molecular weight excluding hydrogens is 704 g/mol. The van der Waals surface area contributed by atoms with Crippen molar-refractivity contribution in [1.82, 2.24) is 20.5 Å². The van der Waals surface area contributed by atoms with E-state index < -0.39 is 35.5 Å². The van der Waals surface area contributed by atoms with Crippen molar-refractivity contribution in [2.24, 2.45) is 16.1 Å². The Kier molecular flexibility index (Phi) is 16.0. The number of halogens is 5. The molecule has 0 radical (unpaired) electrons. The topological polar surface area (TPSA) is 170 Å². The molecule has 2 amide bonds. The number of amides is 2. The summed E-state index contributed by atoms with van der Waals surface area (Å²) < 4.78 is 56.2. The maximum absolute atomic E-state index is 15.3. The van der Waals surface area contributed by atoms with Crippen LogP contribution < -0.4 is 16.4 Å². The van der Waals surface area contributed by atoms with Gasteiger partial charge in [0.2, 0.25) is 12.3 Å². The van der Waals surface area contributed by atoms with E-state index in [1.54, 1.807) is 54.0 Å². The molecule has 52 heavy (non-hydrogen) atoms. The van der Waals surface area contributed by atoms with Crippen molar-refractivity contribution in [2.45, 2.75) is 64.3 Å². The number of alkyl halides is 3. The first kappa shape index (κ1) is 43.4. The molecule has 4 rings (SSSR count). The zero-order valence-electron chi connectivity index (χ0n) is 29.8. The summed E-state index contributed by atoms with van der Waals surface area (Å²) in [5, 5.41) is 20.1. The highest BCUT2D eigenvalue weighted by molar-refractivity contribution is 6.34. The van der Waals surface area contributed by atoms with Gasteiger partial charge in [0.15, 0.2) is 0 Å². The third-order valence-electron chi connectivity index (χ3n) is 7.34. The number of aromatic nitrogens is 1. The van der Waals surface area contributed by atoms with E-state index in [9.17, 15) is 22.8 Å². The molecule has 3 aromatic rings. The molecule has 2 aromatic carbocycles. The van der Waals surface area contributed by atoms with Crippen molar-refractivity contribution in [1.29, 1.82) is 10.8 Å². The number of nitrogens with one attached hydrogen (secondary N) is 4. The van der Waals surface area contributed by atoms with Crippen molar-refractivity contribution in [2.75, 3.05) is 20.8 Å². The van der Waals surface area contributed by atoms with Crippen LogP contribution >= 0.6 is 11.6 Å². The fourth-order valence-electron chi connectivity index (χ4n) is 4.65. The van der Waals surface area contributed by atoms with Crippen molar-refractivity contribution in [3.05, 3.63) is 88.3 Å². The molecule has 1 aromatic heterocycles. The first-order valence-corrected chi connectivity index (χ1v) is 16.4. The summed E-state index contributed by atoms with van der Waals surface area (Å²) in [4.78, 5) is 32.5. The zero-order valence-corrected chi connectivity index (χ0v) is 30.6. The number of methoxy groups -OCH3 is 1. The van der Waals surface area contributed by atoms with Crippen molar-refractivity contribution in [3.63, 3.8) is 0 Å². The summed E-state index contributed by atoms with van der Waals surface area (Å²) in [6, 6.07) is 12.9. The molecule has 282 valence electrons. The molecule has 6 N–H and O–H groups in total. The van der Waals surface area contributed by atoms with Gasteiger partial charge in [0.25, 0.3) is 0 Å². The molecule has 0 spiro atoms. The Morgan fingerprint density at radius 2 is 1.79 bits per heavy atom. The third-order valence-corrected chi connectivity index (χ3v) is 7.67. The number of benzene rings is 2. The zero-order chi connectivity index (χ0) is 39.3. The lowest BCUT2D eigenvalue weighted by Gasteiger charge is -2.31. The number of carbonyl (C=O) groups is 2. The van der Waals surface area contributed by atoms with E-state index in [0.29, 0.717) is 32.8 Å². The van der Waals surface area contributed by atoms with Crippen molar-refractivity contribution in [3.8, 4) is 11.3 Å². The van der Waals surface area contributed by atoms with Crippen LogP contribution in [-0.2, 0) is 14.3 Å². The molecule has 11 nitrogen and oxygen atoms in total. The second-order valence-corrected chi connectivity index (χ2v) is 13.7. The number of ether oxygens (including phenoxy) is 1. The average Bonchev–Trinajstić information content (AvgIpc) is 3.87. The van der Waals surface area contributed by atoms with Crippen LogP contribution in [0.15, 0.2) is 65.8 Å². The van der Waals surface area contributed by atoms with Crippen LogP contribution in [0.4, 0.5) is 17.6 Å². The number of nitrogens with zero attached hydrogens (tertiary/aromatic N) is 3. The summed E-state index contributed by atoms with van der Waals surface area (Å²) in [6.07, 6.45) is -0.881. The van der Waals surface area contributed by atoms with Crippen LogP contribution in [0.1, 0.15) is 69.3 Å². The van der Waals surface area contributed by atoms with Gasteiger partial charge in [0, 0.05) is 30.0 Å². The van der Waals surface area contributed by atoms with Crippen molar-refractivity contribution >= 4 is 42.4 Å². The Morgan fingerprint density at radius 3 is 2.23 bits per heavy atom. The monoisotopic (exact) mass is 748 g/mol. The lowest BCUT2D eigenvalue weighted by atomic mass is 9.98. The molecule has 2 atom stereocenters. The SMILES string of the molecule is CC(C)(C)C.CNC(C(=O)N(C=N)C(COC)c1ccc(Cl)c(C(N)=NC=N)c1)c1ccc(-c2ccccn2)cc1F.O=CNC1(C(F)(F)F)CC1. The van der Waals surface area contributed by atoms with Crippen LogP contribution in [0.25, 0.3) is 11.3 Å². The number of likely N-dealkylation sites (N-methyl/N-ethyl adjacent to an activating group) is 1. The number of nitrogens with two attached hydrogens (primary N) is 1. The summed E-state index contributed by atoms with van der Waals surface area (Å²) in [5.41, 5.74) is 6.77. The van der Waals surface area contributed by atoms with Gasteiger partial charge in [0.05, 0.1) is 29.7 Å². The minimum absolute atomic E-state index is 0.00917. The molecule has 1 heterocycles. The fourth-order valence-corrected chi connectivity index (χ4v) is 4.86. The highest BCUT2D eigenvalue weighted by Gasteiger charge is 2.63. The molecule has 0 bridgehead atoms. The van der Waals surface area contributed by atoms with Gasteiger partial charge in [-0.1, -0.05) is 63.6 Å². The molecule has 0 aliphatic heterocycles. The minimum atomic E-state index is -4.28. The van der Waals surface area contributed by atoms with Gasteiger partial charge >= 0.3 is 6.18 Å².